The number of anilines is 1. The van der Waals surface area contributed by atoms with Crippen molar-refractivity contribution in [3.05, 3.63) is 42.1 Å². The van der Waals surface area contributed by atoms with Gasteiger partial charge in [0.05, 0.1) is 28.6 Å². The first-order valence-electron chi connectivity index (χ1n) is 9.42. The smallest absolute Gasteiger partial charge is 0.252 e. The minimum absolute atomic E-state index is 0.0444. The standard InChI is InChI=1S/C20H24F2N6O2/c1-11(8-21)26-14-7-16(28-5-4-12-9-24-10-25-19(12)28)27-13(17(14)18(23)29)6-15(22)20(2,3)30/h4-5,7,9-11,15,30H,6,8H2,1-3H3,(H2,23,29)(H,26,27)/t11-,15-/m1/s1. The van der Waals surface area contributed by atoms with E-state index in [0.29, 0.717) is 11.5 Å². The normalized spacial score (nSPS) is 13.9. The van der Waals surface area contributed by atoms with Crippen LogP contribution < -0.4 is 11.1 Å². The summed E-state index contributed by atoms with van der Waals surface area (Å²) in [6.07, 6.45) is 2.65. The average molecular weight is 418 g/mol. The molecule has 0 saturated heterocycles. The van der Waals surface area contributed by atoms with Crippen molar-refractivity contribution in [2.75, 3.05) is 12.0 Å². The van der Waals surface area contributed by atoms with E-state index in [1.165, 1.54) is 26.2 Å². The van der Waals surface area contributed by atoms with E-state index in [1.807, 2.05) is 0 Å². The monoisotopic (exact) mass is 418 g/mol. The van der Waals surface area contributed by atoms with Gasteiger partial charge in [-0.25, -0.2) is 23.7 Å². The second-order valence-electron chi connectivity index (χ2n) is 7.73. The molecule has 3 heterocycles. The van der Waals surface area contributed by atoms with Crippen LogP contribution in [0.2, 0.25) is 0 Å². The van der Waals surface area contributed by atoms with Gasteiger partial charge >= 0.3 is 0 Å². The lowest BCUT2D eigenvalue weighted by atomic mass is 9.96. The molecule has 3 rings (SSSR count). The Balaban J connectivity index is 2.21. The molecule has 0 aliphatic carbocycles. The first kappa shape index (κ1) is 21.6. The second kappa shape index (κ2) is 8.31. The molecule has 0 unspecified atom stereocenters. The van der Waals surface area contributed by atoms with E-state index < -0.39 is 30.4 Å². The number of hydrogen-bond acceptors (Lipinski definition) is 6. The number of nitrogens with one attached hydrogen (secondary N) is 1. The van der Waals surface area contributed by atoms with Gasteiger partial charge in [0.15, 0.2) is 0 Å². The average Bonchev–Trinajstić information content (AvgIpc) is 3.10. The van der Waals surface area contributed by atoms with Gasteiger partial charge in [0.2, 0.25) is 0 Å². The third-order valence-electron chi connectivity index (χ3n) is 4.70. The molecule has 3 aromatic rings. The number of aliphatic hydroxyl groups is 1. The van der Waals surface area contributed by atoms with Crippen LogP contribution in [0.5, 0.6) is 0 Å². The van der Waals surface area contributed by atoms with Crippen LogP contribution in [0.15, 0.2) is 30.9 Å². The zero-order valence-electron chi connectivity index (χ0n) is 16.9. The molecule has 0 radical (unpaired) electrons. The van der Waals surface area contributed by atoms with Gasteiger partial charge in [-0.3, -0.25) is 9.36 Å². The number of carbonyl (C=O) groups is 1. The van der Waals surface area contributed by atoms with Crippen molar-refractivity contribution in [3.63, 3.8) is 0 Å². The van der Waals surface area contributed by atoms with E-state index in [2.05, 4.69) is 20.3 Å². The quantitative estimate of drug-likeness (QED) is 0.517. The maximum atomic E-state index is 14.7. The highest BCUT2D eigenvalue weighted by Gasteiger charge is 2.30. The highest BCUT2D eigenvalue weighted by atomic mass is 19.1. The van der Waals surface area contributed by atoms with Crippen LogP contribution in [0.1, 0.15) is 36.8 Å². The van der Waals surface area contributed by atoms with Gasteiger partial charge in [0, 0.05) is 30.3 Å². The first-order valence-corrected chi connectivity index (χ1v) is 9.42. The molecule has 0 bridgehead atoms. The number of rotatable bonds is 8. The summed E-state index contributed by atoms with van der Waals surface area (Å²) in [5.41, 5.74) is 4.69. The SMILES string of the molecule is C[C@H](CF)Nc1cc(-n2ccc3cncnc32)nc(C[C@@H](F)C(C)(C)O)c1C(N)=O. The van der Waals surface area contributed by atoms with E-state index in [4.69, 9.17) is 5.73 Å². The van der Waals surface area contributed by atoms with Crippen LogP contribution in [0.4, 0.5) is 14.5 Å². The Kier molecular flexibility index (Phi) is 5.97. The van der Waals surface area contributed by atoms with Crippen molar-refractivity contribution in [1.29, 1.82) is 0 Å². The Bertz CT molecular complexity index is 1060. The Morgan fingerprint density at radius 2 is 2.17 bits per heavy atom. The summed E-state index contributed by atoms with van der Waals surface area (Å²) in [6, 6.07) is 2.70. The van der Waals surface area contributed by atoms with Gasteiger partial charge in [0.25, 0.3) is 5.91 Å². The van der Waals surface area contributed by atoms with Crippen molar-refractivity contribution in [3.8, 4) is 5.82 Å². The summed E-state index contributed by atoms with van der Waals surface area (Å²) in [6.45, 7) is 3.55. The van der Waals surface area contributed by atoms with E-state index in [0.717, 1.165) is 5.39 Å². The number of fused-ring (bicyclic) bond motifs is 1. The first-order chi connectivity index (χ1) is 14.1. The van der Waals surface area contributed by atoms with E-state index >= 15 is 0 Å². The predicted molar refractivity (Wildman–Crippen MR) is 109 cm³/mol. The molecule has 160 valence electrons. The molecule has 0 aliphatic heterocycles. The fraction of sp³-hybridized carbons (Fsp3) is 0.400. The summed E-state index contributed by atoms with van der Waals surface area (Å²) < 4.78 is 29.5. The number of pyridine rings is 1. The summed E-state index contributed by atoms with van der Waals surface area (Å²) in [4.78, 5) is 24.8. The van der Waals surface area contributed by atoms with Crippen molar-refractivity contribution in [1.82, 2.24) is 19.5 Å². The minimum Gasteiger partial charge on any atom is -0.387 e. The molecule has 2 atom stereocenters. The summed E-state index contributed by atoms with van der Waals surface area (Å²) in [5, 5.41) is 13.7. The minimum atomic E-state index is -1.71. The van der Waals surface area contributed by atoms with Crippen molar-refractivity contribution in [2.24, 2.45) is 5.73 Å². The van der Waals surface area contributed by atoms with Gasteiger partial charge in [-0.15, -0.1) is 0 Å². The molecule has 1 amide bonds. The van der Waals surface area contributed by atoms with Gasteiger partial charge in [-0.2, -0.15) is 0 Å². The van der Waals surface area contributed by atoms with Crippen LogP contribution in [-0.4, -0.2) is 55.0 Å². The molecular formula is C20H24F2N6O2. The third-order valence-corrected chi connectivity index (χ3v) is 4.70. The Morgan fingerprint density at radius 3 is 2.80 bits per heavy atom. The Hall–Kier alpha value is -3.14. The van der Waals surface area contributed by atoms with Crippen LogP contribution in [0, 0.1) is 0 Å². The highest BCUT2D eigenvalue weighted by molar-refractivity contribution is 6.00. The molecule has 0 fully saturated rings. The molecule has 0 saturated carbocycles. The number of nitrogens with zero attached hydrogens (tertiary/aromatic N) is 4. The maximum absolute atomic E-state index is 14.7. The number of aromatic nitrogens is 4. The van der Waals surface area contributed by atoms with Crippen LogP contribution >= 0.6 is 0 Å². The molecule has 10 heteroatoms. The number of nitrogens with two attached hydrogens (primary N) is 1. The van der Waals surface area contributed by atoms with E-state index in [-0.39, 0.29) is 23.4 Å². The van der Waals surface area contributed by atoms with Crippen molar-refractivity contribution >= 4 is 22.6 Å². The molecule has 3 aromatic heterocycles. The lowest BCUT2D eigenvalue weighted by Gasteiger charge is -2.24. The van der Waals surface area contributed by atoms with Gasteiger partial charge in [-0.05, 0) is 26.8 Å². The largest absolute Gasteiger partial charge is 0.387 e. The van der Waals surface area contributed by atoms with E-state index in [9.17, 15) is 18.7 Å². The predicted octanol–water partition coefficient (Wildman–Crippen LogP) is 2.34. The van der Waals surface area contributed by atoms with Crippen LogP contribution in [0.3, 0.4) is 0 Å². The van der Waals surface area contributed by atoms with Gasteiger partial charge < -0.3 is 16.2 Å². The van der Waals surface area contributed by atoms with E-state index in [1.54, 1.807) is 30.0 Å². The molecule has 30 heavy (non-hydrogen) atoms. The van der Waals surface area contributed by atoms with Crippen molar-refractivity contribution in [2.45, 2.75) is 45.0 Å². The Morgan fingerprint density at radius 1 is 1.43 bits per heavy atom. The highest BCUT2D eigenvalue weighted by Crippen LogP contribution is 2.28. The number of hydrogen-bond donors (Lipinski definition) is 3. The van der Waals surface area contributed by atoms with Gasteiger partial charge in [0.1, 0.15) is 30.6 Å². The fourth-order valence-electron chi connectivity index (χ4n) is 3.03. The van der Waals surface area contributed by atoms with Crippen LogP contribution in [0.25, 0.3) is 16.9 Å². The summed E-state index contributed by atoms with van der Waals surface area (Å²) >= 11 is 0. The van der Waals surface area contributed by atoms with Crippen LogP contribution in [-0.2, 0) is 6.42 Å². The lowest BCUT2D eigenvalue weighted by Crippen LogP contribution is -2.35. The van der Waals surface area contributed by atoms with Crippen molar-refractivity contribution < 1.29 is 18.7 Å². The molecule has 4 N–H and O–H groups in total. The molecule has 8 nitrogen and oxygen atoms in total. The lowest BCUT2D eigenvalue weighted by molar-refractivity contribution is -0.00307. The number of primary amides is 1. The van der Waals surface area contributed by atoms with Gasteiger partial charge in [-0.1, -0.05) is 0 Å². The second-order valence-corrected chi connectivity index (χ2v) is 7.73. The third kappa shape index (κ3) is 4.38. The molecule has 0 spiro atoms. The summed E-state index contributed by atoms with van der Waals surface area (Å²) in [7, 11) is 0. The number of amides is 1. The fourth-order valence-corrected chi connectivity index (χ4v) is 3.03. The zero-order valence-corrected chi connectivity index (χ0v) is 16.9. The maximum Gasteiger partial charge on any atom is 0.252 e. The zero-order chi connectivity index (χ0) is 22.1. The molecule has 0 aliphatic rings. The number of carbonyl (C=O) groups excluding carboxylic acids is 1. The Labute approximate surface area is 172 Å². The topological polar surface area (TPSA) is 119 Å². The molecular weight excluding hydrogens is 394 g/mol. The molecule has 0 aromatic carbocycles. The summed E-state index contributed by atoms with van der Waals surface area (Å²) in [5.74, 6) is -0.500. The number of halogens is 2. The number of alkyl halides is 2.